The van der Waals surface area contributed by atoms with Gasteiger partial charge in [-0.1, -0.05) is 0 Å². The second-order valence-electron chi connectivity index (χ2n) is 4.11. The monoisotopic (exact) mass is 302 g/mol. The van der Waals surface area contributed by atoms with Gasteiger partial charge in [-0.3, -0.25) is 10.1 Å². The number of benzene rings is 1. The van der Waals surface area contributed by atoms with Crippen LogP contribution in [0.2, 0.25) is 0 Å². The summed E-state index contributed by atoms with van der Waals surface area (Å²) in [5.41, 5.74) is -0.490. The average molecular weight is 302 g/mol. The lowest BCUT2D eigenvalue weighted by Gasteiger charge is -2.25. The Balaban J connectivity index is 2.47. The van der Waals surface area contributed by atoms with Crippen LogP contribution in [0.5, 0.6) is 5.75 Å². The van der Waals surface area contributed by atoms with E-state index in [-0.39, 0.29) is 36.9 Å². The average Bonchev–Trinajstić information content (AvgIpc) is 2.47. The quantitative estimate of drug-likeness (QED) is 0.597. The van der Waals surface area contributed by atoms with Gasteiger partial charge in [0.25, 0.3) is 5.69 Å². The summed E-state index contributed by atoms with van der Waals surface area (Å²) in [5, 5.41) is 11.1. The summed E-state index contributed by atoms with van der Waals surface area (Å²) in [5.74, 6) is 0.234. The molecule has 0 aliphatic carbocycles. The Kier molecular flexibility index (Phi) is 4.21. The summed E-state index contributed by atoms with van der Waals surface area (Å²) in [6, 6.07) is 3.69. The first-order valence-corrected chi connectivity index (χ1v) is 7.31. The molecule has 20 heavy (non-hydrogen) atoms. The standard InChI is InChI=1S/C11H14N2O6S/c1-18-9-2-3-11(10(8-9)13(14)15)20(16,17)12-4-6-19-7-5-12/h2-3,8H,4-7H2,1H3. The summed E-state index contributed by atoms with van der Waals surface area (Å²) in [6.07, 6.45) is 0. The maximum atomic E-state index is 12.4. The second-order valence-corrected chi connectivity index (χ2v) is 6.01. The van der Waals surface area contributed by atoms with Crippen LogP contribution in [0.25, 0.3) is 0 Å². The predicted octanol–water partition coefficient (Wildman–Crippen LogP) is 0.624. The maximum absolute atomic E-state index is 12.4. The van der Waals surface area contributed by atoms with Gasteiger partial charge in [-0.05, 0) is 12.1 Å². The van der Waals surface area contributed by atoms with E-state index in [1.807, 2.05) is 0 Å². The molecule has 1 aliphatic rings. The van der Waals surface area contributed by atoms with Gasteiger partial charge in [-0.25, -0.2) is 8.42 Å². The summed E-state index contributed by atoms with van der Waals surface area (Å²) in [7, 11) is -2.55. The molecule has 1 aliphatic heterocycles. The highest BCUT2D eigenvalue weighted by Crippen LogP contribution is 2.30. The highest BCUT2D eigenvalue weighted by molar-refractivity contribution is 7.89. The number of hydrogen-bond acceptors (Lipinski definition) is 6. The molecular formula is C11H14N2O6S. The van der Waals surface area contributed by atoms with Crippen molar-refractivity contribution in [1.29, 1.82) is 0 Å². The summed E-state index contributed by atoms with van der Waals surface area (Å²) in [4.78, 5) is 10.0. The molecule has 1 aromatic carbocycles. The van der Waals surface area contributed by atoms with Gasteiger partial charge in [0.15, 0.2) is 4.90 Å². The topological polar surface area (TPSA) is 99.0 Å². The van der Waals surface area contributed by atoms with E-state index in [1.165, 1.54) is 23.5 Å². The lowest BCUT2D eigenvalue weighted by molar-refractivity contribution is -0.387. The molecule has 0 N–H and O–H groups in total. The number of ether oxygens (including phenoxy) is 2. The van der Waals surface area contributed by atoms with E-state index < -0.39 is 20.6 Å². The Morgan fingerprint density at radius 1 is 1.35 bits per heavy atom. The molecule has 0 spiro atoms. The van der Waals surface area contributed by atoms with Crippen LogP contribution < -0.4 is 4.74 Å². The highest BCUT2D eigenvalue weighted by Gasteiger charge is 2.32. The molecule has 2 rings (SSSR count). The van der Waals surface area contributed by atoms with Crippen molar-refractivity contribution in [3.05, 3.63) is 28.3 Å². The van der Waals surface area contributed by atoms with Crippen LogP contribution >= 0.6 is 0 Å². The minimum atomic E-state index is -3.91. The number of hydrogen-bond donors (Lipinski definition) is 0. The first-order valence-electron chi connectivity index (χ1n) is 5.87. The van der Waals surface area contributed by atoms with Crippen LogP contribution in [-0.2, 0) is 14.8 Å². The molecule has 0 bridgehead atoms. The maximum Gasteiger partial charge on any atom is 0.293 e. The Morgan fingerprint density at radius 2 is 2.00 bits per heavy atom. The van der Waals surface area contributed by atoms with Crippen molar-refractivity contribution in [3.8, 4) is 5.75 Å². The fraction of sp³-hybridized carbons (Fsp3) is 0.455. The molecule has 0 aromatic heterocycles. The van der Waals surface area contributed by atoms with E-state index in [4.69, 9.17) is 9.47 Å². The summed E-state index contributed by atoms with van der Waals surface area (Å²) in [6.45, 7) is 0.934. The molecule has 0 saturated carbocycles. The van der Waals surface area contributed by atoms with Crippen molar-refractivity contribution in [2.24, 2.45) is 0 Å². The molecule has 1 aromatic rings. The van der Waals surface area contributed by atoms with Crippen LogP contribution in [0.1, 0.15) is 0 Å². The molecule has 1 saturated heterocycles. The smallest absolute Gasteiger partial charge is 0.293 e. The van der Waals surface area contributed by atoms with Crippen molar-refractivity contribution >= 4 is 15.7 Å². The second kappa shape index (κ2) is 5.73. The third kappa shape index (κ3) is 2.74. The Morgan fingerprint density at radius 3 is 2.55 bits per heavy atom. The molecular weight excluding hydrogens is 288 g/mol. The first-order chi connectivity index (χ1) is 9.46. The molecule has 0 unspecified atom stereocenters. The predicted molar refractivity (Wildman–Crippen MR) is 69.2 cm³/mol. The largest absolute Gasteiger partial charge is 0.497 e. The molecule has 8 nitrogen and oxygen atoms in total. The normalized spacial score (nSPS) is 16.9. The zero-order valence-corrected chi connectivity index (χ0v) is 11.6. The SMILES string of the molecule is COc1ccc(S(=O)(=O)N2CCOCC2)c([N+](=O)[O-])c1. The van der Waals surface area contributed by atoms with E-state index in [0.717, 1.165) is 6.07 Å². The fourth-order valence-corrected chi connectivity index (χ4v) is 3.46. The van der Waals surface area contributed by atoms with Crippen LogP contribution in [0.4, 0.5) is 5.69 Å². The molecule has 1 heterocycles. The molecule has 0 atom stereocenters. The Bertz CT molecular complexity index is 609. The van der Waals surface area contributed by atoms with E-state index >= 15 is 0 Å². The number of sulfonamides is 1. The summed E-state index contributed by atoms with van der Waals surface area (Å²) < 4.78 is 36.0. The third-order valence-electron chi connectivity index (χ3n) is 2.95. The Hall–Kier alpha value is -1.71. The third-order valence-corrected chi connectivity index (χ3v) is 4.90. The molecule has 9 heteroatoms. The van der Waals surface area contributed by atoms with E-state index in [0.29, 0.717) is 0 Å². The zero-order valence-electron chi connectivity index (χ0n) is 10.8. The van der Waals surface area contributed by atoms with Crippen molar-refractivity contribution < 1.29 is 22.8 Å². The first kappa shape index (κ1) is 14.7. The van der Waals surface area contributed by atoms with Gasteiger partial charge in [-0.2, -0.15) is 4.31 Å². The van der Waals surface area contributed by atoms with E-state index in [2.05, 4.69) is 0 Å². The van der Waals surface area contributed by atoms with Gasteiger partial charge in [0, 0.05) is 13.1 Å². The minimum absolute atomic E-state index is 0.186. The number of nitro benzene ring substituents is 1. The summed E-state index contributed by atoms with van der Waals surface area (Å²) >= 11 is 0. The van der Waals surface area contributed by atoms with Gasteiger partial charge in [0.2, 0.25) is 10.0 Å². The number of morpholine rings is 1. The number of nitrogens with zero attached hydrogens (tertiary/aromatic N) is 2. The lowest BCUT2D eigenvalue weighted by atomic mass is 10.3. The Labute approximate surface area is 116 Å². The van der Waals surface area contributed by atoms with Crippen molar-refractivity contribution in [2.75, 3.05) is 33.4 Å². The number of rotatable bonds is 4. The van der Waals surface area contributed by atoms with Gasteiger partial charge < -0.3 is 9.47 Å². The molecule has 0 amide bonds. The number of nitro groups is 1. The highest BCUT2D eigenvalue weighted by atomic mass is 32.2. The van der Waals surface area contributed by atoms with Crippen LogP contribution in [0, 0.1) is 10.1 Å². The molecule has 110 valence electrons. The van der Waals surface area contributed by atoms with Crippen LogP contribution in [-0.4, -0.2) is 51.1 Å². The van der Waals surface area contributed by atoms with E-state index in [9.17, 15) is 18.5 Å². The lowest BCUT2D eigenvalue weighted by Crippen LogP contribution is -2.40. The zero-order chi connectivity index (χ0) is 14.8. The fourth-order valence-electron chi connectivity index (χ4n) is 1.91. The van der Waals surface area contributed by atoms with Crippen molar-refractivity contribution in [3.63, 3.8) is 0 Å². The van der Waals surface area contributed by atoms with Crippen LogP contribution in [0.15, 0.2) is 23.1 Å². The van der Waals surface area contributed by atoms with Crippen LogP contribution in [0.3, 0.4) is 0 Å². The number of methoxy groups -OCH3 is 1. The van der Waals surface area contributed by atoms with Gasteiger partial charge in [0.05, 0.1) is 31.3 Å². The van der Waals surface area contributed by atoms with Gasteiger partial charge in [0.1, 0.15) is 5.75 Å². The van der Waals surface area contributed by atoms with Gasteiger partial charge >= 0.3 is 0 Å². The molecule has 0 radical (unpaired) electrons. The molecule has 1 fully saturated rings. The van der Waals surface area contributed by atoms with Crippen molar-refractivity contribution in [1.82, 2.24) is 4.31 Å². The van der Waals surface area contributed by atoms with Crippen molar-refractivity contribution in [2.45, 2.75) is 4.90 Å². The van der Waals surface area contributed by atoms with E-state index in [1.54, 1.807) is 0 Å². The minimum Gasteiger partial charge on any atom is -0.497 e. The van der Waals surface area contributed by atoms with Gasteiger partial charge in [-0.15, -0.1) is 0 Å².